The van der Waals surface area contributed by atoms with E-state index in [1.807, 2.05) is 6.07 Å². The van der Waals surface area contributed by atoms with Crippen LogP contribution in [0.1, 0.15) is 86.3 Å². The van der Waals surface area contributed by atoms with Gasteiger partial charge in [-0.1, -0.05) is 31.9 Å². The van der Waals surface area contributed by atoms with E-state index >= 15 is 0 Å². The predicted octanol–water partition coefficient (Wildman–Crippen LogP) is 4.61. The van der Waals surface area contributed by atoms with Crippen molar-refractivity contribution in [3.63, 3.8) is 0 Å². The molecule has 2 aliphatic carbocycles. The molecule has 0 bridgehead atoms. The number of carbonyl (C=O) groups excluding carboxylic acids is 1. The van der Waals surface area contributed by atoms with Crippen LogP contribution >= 0.6 is 0 Å². The Balaban J connectivity index is 1.57. The van der Waals surface area contributed by atoms with E-state index in [1.165, 1.54) is 49.7 Å². The molecular formula is C25H37N3O. The lowest BCUT2D eigenvalue weighted by Crippen LogP contribution is -2.46. The molecule has 4 nitrogen and oxygen atoms in total. The summed E-state index contributed by atoms with van der Waals surface area (Å²) in [6.45, 7) is 10.2. The monoisotopic (exact) mass is 395 g/mol. The van der Waals surface area contributed by atoms with Gasteiger partial charge in [0, 0.05) is 37.8 Å². The Bertz CT molecular complexity index is 770. The van der Waals surface area contributed by atoms with Gasteiger partial charge in [-0.05, 0) is 79.8 Å². The second kappa shape index (κ2) is 8.61. The molecular weight excluding hydrogens is 358 g/mol. The average molecular weight is 396 g/mol. The number of allylic oxidation sites excluding steroid dienone is 2. The topological polar surface area (TPSA) is 49.6 Å². The second-order valence-electron chi connectivity index (χ2n) is 9.46. The Morgan fingerprint density at radius 2 is 1.86 bits per heavy atom. The molecule has 0 aromatic heterocycles. The number of nitrogens with two attached hydrogens (primary N) is 1. The summed E-state index contributed by atoms with van der Waals surface area (Å²) >= 11 is 0. The van der Waals surface area contributed by atoms with E-state index in [0.29, 0.717) is 17.0 Å². The average Bonchev–Trinajstić information content (AvgIpc) is 3.21. The molecule has 3 aliphatic rings. The third kappa shape index (κ3) is 4.29. The van der Waals surface area contributed by atoms with Crippen molar-refractivity contribution in [2.75, 3.05) is 32.7 Å². The number of benzene rings is 1. The highest BCUT2D eigenvalue weighted by atomic mass is 16.1. The summed E-state index contributed by atoms with van der Waals surface area (Å²) in [5.41, 5.74) is 10.7. The molecule has 1 unspecified atom stereocenters. The second-order valence-corrected chi connectivity index (χ2v) is 9.46. The zero-order valence-corrected chi connectivity index (χ0v) is 18.3. The van der Waals surface area contributed by atoms with Crippen LogP contribution in [0, 0.1) is 5.41 Å². The molecule has 4 rings (SSSR count). The maximum atomic E-state index is 12.1. The van der Waals surface area contributed by atoms with E-state index in [4.69, 9.17) is 5.73 Å². The Kier molecular flexibility index (Phi) is 6.12. The van der Waals surface area contributed by atoms with Crippen molar-refractivity contribution in [3.8, 4) is 0 Å². The third-order valence-corrected chi connectivity index (χ3v) is 7.91. The van der Waals surface area contributed by atoms with Crippen LogP contribution in [0.4, 0.5) is 0 Å². The maximum Gasteiger partial charge on any atom is 0.249 e. The zero-order valence-electron chi connectivity index (χ0n) is 18.3. The molecule has 2 N–H and O–H groups in total. The summed E-state index contributed by atoms with van der Waals surface area (Å²) in [6, 6.07) is 6.70. The Morgan fingerprint density at radius 3 is 2.45 bits per heavy atom. The molecule has 1 saturated carbocycles. The van der Waals surface area contributed by atoms with Crippen LogP contribution in [0.25, 0.3) is 5.57 Å². The number of piperazine rings is 1. The summed E-state index contributed by atoms with van der Waals surface area (Å²) < 4.78 is 0. The summed E-state index contributed by atoms with van der Waals surface area (Å²) in [6.07, 6.45) is 11.4. The molecule has 1 saturated heterocycles. The van der Waals surface area contributed by atoms with E-state index < -0.39 is 0 Å². The first-order valence-electron chi connectivity index (χ1n) is 11.6. The van der Waals surface area contributed by atoms with Crippen molar-refractivity contribution in [1.82, 2.24) is 9.80 Å². The molecule has 0 radical (unpaired) electrons. The minimum absolute atomic E-state index is 0.308. The van der Waals surface area contributed by atoms with Crippen molar-refractivity contribution < 1.29 is 4.79 Å². The van der Waals surface area contributed by atoms with E-state index in [0.717, 1.165) is 44.7 Å². The van der Waals surface area contributed by atoms with Crippen molar-refractivity contribution >= 4 is 11.5 Å². The minimum atomic E-state index is -0.308. The smallest absolute Gasteiger partial charge is 0.249 e. The van der Waals surface area contributed by atoms with E-state index in [9.17, 15) is 4.79 Å². The van der Waals surface area contributed by atoms with Crippen molar-refractivity contribution in [3.05, 3.63) is 41.0 Å². The molecule has 1 aromatic carbocycles. The van der Waals surface area contributed by atoms with Crippen LogP contribution in [0.15, 0.2) is 24.3 Å². The Labute approximate surface area is 176 Å². The minimum Gasteiger partial charge on any atom is -0.366 e. The fourth-order valence-corrected chi connectivity index (χ4v) is 5.75. The molecule has 29 heavy (non-hydrogen) atoms. The first kappa shape index (κ1) is 20.6. The summed E-state index contributed by atoms with van der Waals surface area (Å²) in [5, 5.41) is 0. The van der Waals surface area contributed by atoms with Gasteiger partial charge in [0.2, 0.25) is 5.91 Å². The van der Waals surface area contributed by atoms with Gasteiger partial charge < -0.3 is 10.6 Å². The fraction of sp³-hybridized carbons (Fsp3) is 0.640. The Hall–Kier alpha value is -1.65. The number of nitrogens with zero attached hydrogens (tertiary/aromatic N) is 2. The molecule has 158 valence electrons. The van der Waals surface area contributed by atoms with Crippen LogP contribution in [0.5, 0.6) is 0 Å². The fourth-order valence-electron chi connectivity index (χ4n) is 5.75. The number of rotatable bonds is 5. The maximum absolute atomic E-state index is 12.1. The van der Waals surface area contributed by atoms with Gasteiger partial charge in [0.05, 0.1) is 0 Å². The lowest BCUT2D eigenvalue weighted by molar-refractivity contribution is 0.0999. The largest absolute Gasteiger partial charge is 0.366 e. The van der Waals surface area contributed by atoms with Gasteiger partial charge in [-0.2, -0.15) is 0 Å². The van der Waals surface area contributed by atoms with Crippen molar-refractivity contribution in [1.29, 1.82) is 0 Å². The molecule has 1 aromatic rings. The van der Waals surface area contributed by atoms with Gasteiger partial charge in [0.25, 0.3) is 0 Å². The molecule has 1 atom stereocenters. The van der Waals surface area contributed by atoms with E-state index in [2.05, 4.69) is 41.9 Å². The number of amides is 1. The van der Waals surface area contributed by atoms with E-state index in [-0.39, 0.29) is 5.91 Å². The van der Waals surface area contributed by atoms with Gasteiger partial charge >= 0.3 is 0 Å². The quantitative estimate of drug-likeness (QED) is 0.792. The van der Waals surface area contributed by atoms with Crippen LogP contribution in [0.2, 0.25) is 0 Å². The number of hydrogen-bond acceptors (Lipinski definition) is 3. The van der Waals surface area contributed by atoms with Gasteiger partial charge in [-0.3, -0.25) is 9.69 Å². The van der Waals surface area contributed by atoms with Crippen LogP contribution in [0.3, 0.4) is 0 Å². The van der Waals surface area contributed by atoms with Crippen LogP contribution in [-0.4, -0.2) is 48.4 Å². The molecule has 1 amide bonds. The zero-order chi connectivity index (χ0) is 20.4. The number of primary amides is 1. The van der Waals surface area contributed by atoms with Crippen LogP contribution in [-0.2, 0) is 0 Å². The van der Waals surface area contributed by atoms with Gasteiger partial charge in [-0.25, -0.2) is 0 Å². The highest BCUT2D eigenvalue weighted by molar-refractivity contribution is 5.98. The molecule has 1 heterocycles. The number of carbonyl (C=O) groups is 1. The first-order valence-corrected chi connectivity index (χ1v) is 11.6. The van der Waals surface area contributed by atoms with Gasteiger partial charge in [0.1, 0.15) is 0 Å². The van der Waals surface area contributed by atoms with Gasteiger partial charge in [0.15, 0.2) is 0 Å². The molecule has 4 heteroatoms. The lowest BCUT2D eigenvalue weighted by atomic mass is 9.72. The third-order valence-electron chi connectivity index (χ3n) is 7.91. The predicted molar refractivity (Wildman–Crippen MR) is 120 cm³/mol. The normalized spacial score (nSPS) is 23.9. The molecule has 1 aliphatic heterocycles. The van der Waals surface area contributed by atoms with Crippen molar-refractivity contribution in [2.24, 2.45) is 11.1 Å². The van der Waals surface area contributed by atoms with E-state index in [1.54, 1.807) is 0 Å². The Morgan fingerprint density at radius 1 is 1.14 bits per heavy atom. The highest BCUT2D eigenvalue weighted by Crippen LogP contribution is 2.50. The highest BCUT2D eigenvalue weighted by Gasteiger charge is 2.35. The SMILES string of the molecule is CCN1CCN(C(C)c2ccc(C(N)=O)c(C3=CCC4(CCCC4)CC3)c2)CC1. The standard InChI is InChI=1S/C25H37N3O/c1-3-27-14-16-28(17-15-27)19(2)21-6-7-22(24(26)29)23(18-21)20-8-12-25(13-9-20)10-4-5-11-25/h6-8,18-19H,3-5,9-17H2,1-2H3,(H2,26,29). The van der Waals surface area contributed by atoms with Crippen molar-refractivity contribution in [2.45, 2.75) is 64.8 Å². The van der Waals surface area contributed by atoms with Crippen LogP contribution < -0.4 is 5.73 Å². The molecule has 1 spiro atoms. The number of likely N-dealkylation sites (N-methyl/N-ethyl adjacent to an activating group) is 1. The molecule has 2 fully saturated rings. The lowest BCUT2D eigenvalue weighted by Gasteiger charge is -2.38. The number of hydrogen-bond donors (Lipinski definition) is 1. The first-order chi connectivity index (χ1) is 14.0. The summed E-state index contributed by atoms with van der Waals surface area (Å²) in [5.74, 6) is -0.308. The summed E-state index contributed by atoms with van der Waals surface area (Å²) in [4.78, 5) is 17.2. The summed E-state index contributed by atoms with van der Waals surface area (Å²) in [7, 11) is 0. The van der Waals surface area contributed by atoms with Gasteiger partial charge in [-0.15, -0.1) is 0 Å².